The molecule has 3 aromatic rings. The van der Waals surface area contributed by atoms with Gasteiger partial charge in [-0.2, -0.15) is 0 Å². The van der Waals surface area contributed by atoms with Crippen molar-refractivity contribution in [3.8, 4) is 11.5 Å². The van der Waals surface area contributed by atoms with Crippen LogP contribution in [0.4, 0.5) is 0 Å². The van der Waals surface area contributed by atoms with Gasteiger partial charge in [-0.15, -0.1) is 0 Å². The normalized spacial score (nSPS) is 15.8. The molecule has 32 heavy (non-hydrogen) atoms. The van der Waals surface area contributed by atoms with Crippen LogP contribution >= 0.6 is 0 Å². The molecular weight excluding hydrogens is 416 g/mol. The molecule has 2 aliphatic rings. The van der Waals surface area contributed by atoms with Crippen molar-refractivity contribution in [1.29, 1.82) is 0 Å². The Morgan fingerprint density at radius 3 is 2.59 bits per heavy atom. The summed E-state index contributed by atoms with van der Waals surface area (Å²) in [6.07, 6.45) is 2.66. The first-order chi connectivity index (χ1) is 15.6. The largest absolute Gasteiger partial charge is 0.467 e. The summed E-state index contributed by atoms with van der Waals surface area (Å²) in [6.45, 7) is 3.25. The molecule has 10 heteroatoms. The van der Waals surface area contributed by atoms with Crippen LogP contribution in [0.1, 0.15) is 21.7 Å². The molecule has 1 aromatic carbocycles. The molecule has 10 nitrogen and oxygen atoms in total. The highest BCUT2D eigenvalue weighted by Crippen LogP contribution is 2.32. The topological polar surface area (TPSA) is 110 Å². The van der Waals surface area contributed by atoms with E-state index in [1.165, 1.54) is 12.5 Å². The summed E-state index contributed by atoms with van der Waals surface area (Å²) in [4.78, 5) is 44.3. The average molecular weight is 438 g/mol. The van der Waals surface area contributed by atoms with Crippen LogP contribution in [0.15, 0.2) is 56.8 Å². The molecule has 0 aliphatic carbocycles. The number of amides is 1. The van der Waals surface area contributed by atoms with Gasteiger partial charge in [-0.1, -0.05) is 6.07 Å². The predicted molar refractivity (Wildman–Crippen MR) is 113 cm³/mol. The molecule has 0 unspecified atom stereocenters. The Hall–Kier alpha value is -3.79. The van der Waals surface area contributed by atoms with Gasteiger partial charge in [-0.25, -0.2) is 4.79 Å². The van der Waals surface area contributed by atoms with Crippen LogP contribution in [0.5, 0.6) is 11.5 Å². The number of carbonyl (C=O) groups is 1. The first kappa shape index (κ1) is 20.1. The van der Waals surface area contributed by atoms with Crippen LogP contribution in [0, 0.1) is 0 Å². The SMILES string of the molecule is O=C(c1c[nH]c(=O)n(Cc2ccco2)c1=O)N1CCN(Cc2ccc3c(c2)OCO3)CC1. The summed E-state index contributed by atoms with van der Waals surface area (Å²) >= 11 is 0. The first-order valence-corrected chi connectivity index (χ1v) is 10.3. The third-order valence-corrected chi connectivity index (χ3v) is 5.69. The lowest BCUT2D eigenvalue weighted by Gasteiger charge is -2.34. The van der Waals surface area contributed by atoms with Crippen molar-refractivity contribution in [3.63, 3.8) is 0 Å². The summed E-state index contributed by atoms with van der Waals surface area (Å²) in [6, 6.07) is 9.22. The molecule has 4 heterocycles. The minimum atomic E-state index is -0.627. The molecule has 5 rings (SSSR count). The summed E-state index contributed by atoms with van der Waals surface area (Å²) in [5.74, 6) is 1.57. The minimum Gasteiger partial charge on any atom is -0.467 e. The highest BCUT2D eigenvalue weighted by atomic mass is 16.7. The van der Waals surface area contributed by atoms with Crippen LogP contribution < -0.4 is 20.7 Å². The van der Waals surface area contributed by atoms with E-state index in [4.69, 9.17) is 13.9 Å². The van der Waals surface area contributed by atoms with Gasteiger partial charge in [0, 0.05) is 38.9 Å². The van der Waals surface area contributed by atoms with E-state index in [1.807, 2.05) is 18.2 Å². The number of H-pyrrole nitrogens is 1. The number of benzene rings is 1. The molecule has 1 saturated heterocycles. The van der Waals surface area contributed by atoms with Crippen LogP contribution in [-0.2, 0) is 13.1 Å². The maximum Gasteiger partial charge on any atom is 0.328 e. The number of hydrogen-bond donors (Lipinski definition) is 1. The van der Waals surface area contributed by atoms with E-state index in [0.717, 1.165) is 28.2 Å². The number of aromatic nitrogens is 2. The zero-order valence-electron chi connectivity index (χ0n) is 17.3. The van der Waals surface area contributed by atoms with Gasteiger partial charge in [0.15, 0.2) is 11.5 Å². The van der Waals surface area contributed by atoms with Gasteiger partial charge in [0.05, 0.1) is 12.8 Å². The van der Waals surface area contributed by atoms with Gasteiger partial charge in [-0.05, 0) is 29.8 Å². The zero-order chi connectivity index (χ0) is 22.1. The number of fused-ring (bicyclic) bond motifs is 1. The lowest BCUT2D eigenvalue weighted by Crippen LogP contribution is -2.50. The molecule has 2 aliphatic heterocycles. The number of ether oxygens (including phenoxy) is 2. The second-order valence-electron chi connectivity index (χ2n) is 7.73. The highest BCUT2D eigenvalue weighted by molar-refractivity contribution is 5.93. The Kier molecular flexibility index (Phi) is 5.28. The van der Waals surface area contributed by atoms with Crippen molar-refractivity contribution in [3.05, 3.63) is 80.5 Å². The monoisotopic (exact) mass is 438 g/mol. The Morgan fingerprint density at radius 1 is 1.00 bits per heavy atom. The molecule has 0 atom stereocenters. The summed E-state index contributed by atoms with van der Waals surface area (Å²) in [7, 11) is 0. The maximum atomic E-state index is 13.0. The fourth-order valence-corrected chi connectivity index (χ4v) is 3.94. The van der Waals surface area contributed by atoms with Crippen molar-refractivity contribution in [2.24, 2.45) is 0 Å². The Labute approximate surface area is 182 Å². The van der Waals surface area contributed by atoms with E-state index >= 15 is 0 Å². The third-order valence-electron chi connectivity index (χ3n) is 5.69. The van der Waals surface area contributed by atoms with Crippen LogP contribution in [-0.4, -0.2) is 58.2 Å². The van der Waals surface area contributed by atoms with E-state index in [2.05, 4.69) is 9.88 Å². The number of piperazine rings is 1. The lowest BCUT2D eigenvalue weighted by molar-refractivity contribution is 0.0625. The number of furan rings is 1. The number of carbonyl (C=O) groups excluding carboxylic acids is 1. The van der Waals surface area contributed by atoms with Gasteiger partial charge in [0.2, 0.25) is 6.79 Å². The fourth-order valence-electron chi connectivity index (χ4n) is 3.94. The first-order valence-electron chi connectivity index (χ1n) is 10.3. The highest BCUT2D eigenvalue weighted by Gasteiger charge is 2.25. The van der Waals surface area contributed by atoms with Gasteiger partial charge in [-0.3, -0.25) is 19.1 Å². The summed E-state index contributed by atoms with van der Waals surface area (Å²) < 4.78 is 17.0. The van der Waals surface area contributed by atoms with Crippen LogP contribution in [0.3, 0.4) is 0 Å². The molecule has 0 radical (unpaired) electrons. The lowest BCUT2D eigenvalue weighted by atomic mass is 10.1. The van der Waals surface area contributed by atoms with Crippen molar-refractivity contribution < 1.29 is 18.7 Å². The van der Waals surface area contributed by atoms with Crippen molar-refractivity contribution in [2.75, 3.05) is 33.0 Å². The van der Waals surface area contributed by atoms with Crippen LogP contribution in [0.2, 0.25) is 0 Å². The minimum absolute atomic E-state index is 0.0361. The quantitative estimate of drug-likeness (QED) is 0.629. The second kappa shape index (κ2) is 8.39. The van der Waals surface area contributed by atoms with Gasteiger partial charge in [0.1, 0.15) is 11.3 Å². The summed E-state index contributed by atoms with van der Waals surface area (Å²) in [5, 5.41) is 0. The van der Waals surface area contributed by atoms with Gasteiger partial charge < -0.3 is 23.8 Å². The molecule has 0 bridgehead atoms. The van der Waals surface area contributed by atoms with E-state index in [1.54, 1.807) is 17.0 Å². The number of nitrogens with zero attached hydrogens (tertiary/aromatic N) is 3. The molecular formula is C22H22N4O6. The molecule has 0 spiro atoms. The molecule has 1 fully saturated rings. The van der Waals surface area contributed by atoms with Gasteiger partial charge >= 0.3 is 5.69 Å². The number of aromatic amines is 1. The molecule has 2 aromatic heterocycles. The van der Waals surface area contributed by atoms with Gasteiger partial charge in [0.25, 0.3) is 11.5 Å². The van der Waals surface area contributed by atoms with Crippen molar-refractivity contribution in [2.45, 2.75) is 13.1 Å². The van der Waals surface area contributed by atoms with E-state index < -0.39 is 11.2 Å². The fraction of sp³-hybridized carbons (Fsp3) is 0.318. The predicted octanol–water partition coefficient (Wildman–Crippen LogP) is 0.865. The summed E-state index contributed by atoms with van der Waals surface area (Å²) in [5.41, 5.74) is -0.162. The Morgan fingerprint density at radius 2 is 1.81 bits per heavy atom. The average Bonchev–Trinajstić information content (AvgIpc) is 3.48. The zero-order valence-corrected chi connectivity index (χ0v) is 17.3. The molecule has 1 amide bonds. The number of hydrogen-bond acceptors (Lipinski definition) is 7. The standard InChI is InChI=1S/C22H22N4O6/c27-20(17-11-23-22(29)26(21(17)28)13-16-2-1-9-30-16)25-7-5-24(6-8-25)12-15-3-4-18-19(10-15)32-14-31-18/h1-4,9-11H,5-8,12-14H2,(H,23,29). The van der Waals surface area contributed by atoms with Crippen molar-refractivity contribution >= 4 is 5.91 Å². The van der Waals surface area contributed by atoms with Crippen LogP contribution in [0.25, 0.3) is 0 Å². The molecule has 1 N–H and O–H groups in total. The molecule has 166 valence electrons. The number of nitrogens with one attached hydrogen (secondary N) is 1. The van der Waals surface area contributed by atoms with E-state index in [0.29, 0.717) is 31.9 Å². The third kappa shape index (κ3) is 3.92. The van der Waals surface area contributed by atoms with Crippen molar-refractivity contribution in [1.82, 2.24) is 19.4 Å². The number of rotatable bonds is 5. The van der Waals surface area contributed by atoms with E-state index in [-0.39, 0.29) is 24.8 Å². The Balaban J connectivity index is 1.24. The molecule has 0 saturated carbocycles. The Bertz CT molecular complexity index is 1240. The maximum absolute atomic E-state index is 13.0. The second-order valence-corrected chi connectivity index (χ2v) is 7.73. The smallest absolute Gasteiger partial charge is 0.328 e. The van der Waals surface area contributed by atoms with E-state index in [9.17, 15) is 14.4 Å².